The Balaban J connectivity index is 0. The number of nitrogens with two attached hydrogens (primary N) is 1. The zero-order chi connectivity index (χ0) is 14.7. The van der Waals surface area contributed by atoms with E-state index in [1.165, 1.54) is 0 Å². The molecule has 0 saturated carbocycles. The molecule has 8 heteroatoms. The van der Waals surface area contributed by atoms with Gasteiger partial charge in [0.1, 0.15) is 6.04 Å². The van der Waals surface area contributed by atoms with E-state index in [2.05, 4.69) is 5.32 Å². The molecule has 0 aromatic rings. The van der Waals surface area contributed by atoms with Crippen LogP contribution < -0.4 is 16.8 Å². The smallest absolute Gasteiger partial charge is 0.326 e. The molecule has 2 radical (unpaired) electrons. The second-order valence-corrected chi connectivity index (χ2v) is 4.48. The molecular weight excluding hydrogens is 337 g/mol. The van der Waals surface area contributed by atoms with Crippen molar-refractivity contribution in [3.05, 3.63) is 5.73 Å². The van der Waals surface area contributed by atoms with Gasteiger partial charge in [0.2, 0.25) is 5.91 Å². The molecule has 2 atom stereocenters. The van der Waals surface area contributed by atoms with Gasteiger partial charge in [0, 0.05) is 32.7 Å². The summed E-state index contributed by atoms with van der Waals surface area (Å²) in [5.41, 5.74) is 19.9. The Hall–Kier alpha value is -0.0761. The Kier molecular flexibility index (Phi) is 15.4. The van der Waals surface area contributed by atoms with Crippen LogP contribution >= 0.6 is 0 Å². The summed E-state index contributed by atoms with van der Waals surface area (Å²) in [5, 5.41) is 11.4. The molecule has 1 amide bonds. The van der Waals surface area contributed by atoms with Crippen LogP contribution in [-0.2, 0) is 42.3 Å². The fourth-order valence-electron chi connectivity index (χ4n) is 1.63. The first-order valence-corrected chi connectivity index (χ1v) is 6.61. The molecule has 6 N–H and O–H groups in total. The second-order valence-electron chi connectivity index (χ2n) is 4.48. The molecule has 0 aromatic carbocycles. The quantitative estimate of drug-likeness (QED) is 0.462. The Morgan fingerprint density at radius 2 is 1.80 bits per heavy atom. The first-order chi connectivity index (χ1) is 9.02. The van der Waals surface area contributed by atoms with E-state index in [9.17, 15) is 9.59 Å². The van der Waals surface area contributed by atoms with Gasteiger partial charge >= 0.3 is 5.97 Å². The normalized spacial score (nSPS) is 13.2. The van der Waals surface area contributed by atoms with Crippen molar-refractivity contribution in [1.82, 2.24) is 11.1 Å². The monoisotopic (exact) mass is 361 g/mol. The molecule has 0 fully saturated rings. The Morgan fingerprint density at radius 1 is 1.20 bits per heavy atom. The van der Waals surface area contributed by atoms with E-state index < -0.39 is 24.0 Å². The molecule has 0 heterocycles. The van der Waals surface area contributed by atoms with Gasteiger partial charge < -0.3 is 21.9 Å². The molecule has 114 valence electrons. The molecule has 0 aliphatic heterocycles. The van der Waals surface area contributed by atoms with E-state index >= 15 is 0 Å². The Morgan fingerprint density at radius 3 is 2.30 bits per heavy atom. The molecule has 0 bridgehead atoms. The van der Waals surface area contributed by atoms with Crippen molar-refractivity contribution in [1.29, 1.82) is 0 Å². The second kappa shape index (κ2) is 13.9. The molecular formula is C12H24N4O3Y-. The number of carboxylic acids is 1. The molecule has 2 unspecified atom stereocenters. The molecule has 0 aromatic heterocycles. The van der Waals surface area contributed by atoms with E-state index in [0.29, 0.717) is 45.1 Å². The van der Waals surface area contributed by atoms with Gasteiger partial charge in [-0.05, 0) is 32.2 Å². The van der Waals surface area contributed by atoms with Crippen LogP contribution in [0.15, 0.2) is 0 Å². The minimum absolute atomic E-state index is 0. The number of carboxylic acid groups (broad SMARTS) is 1. The van der Waals surface area contributed by atoms with Crippen molar-refractivity contribution in [2.24, 2.45) is 5.73 Å². The van der Waals surface area contributed by atoms with Crippen molar-refractivity contribution in [2.45, 2.75) is 50.6 Å². The van der Waals surface area contributed by atoms with Gasteiger partial charge in [-0.15, -0.1) is 0 Å². The number of unbranched alkanes of at least 4 members (excludes halogenated alkanes) is 2. The summed E-state index contributed by atoms with van der Waals surface area (Å²) < 4.78 is 0. The average Bonchev–Trinajstić information content (AvgIpc) is 2.37. The maximum Gasteiger partial charge on any atom is 0.326 e. The van der Waals surface area contributed by atoms with Crippen LogP contribution in [0.3, 0.4) is 0 Å². The number of hydrogen-bond acceptors (Lipinski definition) is 3. The van der Waals surface area contributed by atoms with Crippen molar-refractivity contribution >= 4 is 11.9 Å². The van der Waals surface area contributed by atoms with Crippen molar-refractivity contribution in [3.63, 3.8) is 0 Å². The summed E-state index contributed by atoms with van der Waals surface area (Å²) in [4.78, 5) is 22.6. The summed E-state index contributed by atoms with van der Waals surface area (Å²) >= 11 is 0. The number of aliphatic carboxylic acids is 1. The van der Waals surface area contributed by atoms with Crippen LogP contribution in [-0.4, -0.2) is 42.2 Å². The largest absolute Gasteiger partial charge is 0.677 e. The zero-order valence-electron chi connectivity index (χ0n) is 11.7. The average molecular weight is 361 g/mol. The number of hydrogen-bond donors (Lipinski definition) is 3. The number of amides is 1. The molecule has 7 nitrogen and oxygen atoms in total. The SMILES string of the molecule is [NH]C(CCCC[NH-])C(=O)NC(CCCCN)C(=O)O.[Y]. The van der Waals surface area contributed by atoms with Gasteiger partial charge in [0.25, 0.3) is 0 Å². The van der Waals surface area contributed by atoms with Crippen molar-refractivity contribution in [3.8, 4) is 0 Å². The van der Waals surface area contributed by atoms with Crippen LogP contribution in [0.4, 0.5) is 0 Å². The first-order valence-electron chi connectivity index (χ1n) is 6.61. The van der Waals surface area contributed by atoms with Crippen LogP contribution in [0.25, 0.3) is 5.73 Å². The van der Waals surface area contributed by atoms with E-state index in [0.717, 1.165) is 0 Å². The standard InChI is InChI=1S/C12H24N4O3.Y/c13-7-3-1-5-9(15)11(17)16-10(12(18)19)6-2-4-8-14;/h9-10,13,15H,1-8,14H2,(H,16,17)(H,18,19);/q-1;. The third-order valence-electron chi connectivity index (χ3n) is 2.80. The fraction of sp³-hybridized carbons (Fsp3) is 0.833. The van der Waals surface area contributed by atoms with Crippen LogP contribution in [0.1, 0.15) is 38.5 Å². The summed E-state index contributed by atoms with van der Waals surface area (Å²) in [6.45, 7) is 0.777. The number of carbonyl (C=O) groups is 2. The van der Waals surface area contributed by atoms with Crippen LogP contribution in [0.2, 0.25) is 0 Å². The van der Waals surface area contributed by atoms with E-state index in [1.807, 2.05) is 0 Å². The van der Waals surface area contributed by atoms with Gasteiger partial charge in [-0.2, -0.15) is 6.54 Å². The van der Waals surface area contributed by atoms with Gasteiger partial charge in [0.15, 0.2) is 0 Å². The van der Waals surface area contributed by atoms with E-state index in [1.54, 1.807) is 0 Å². The predicted molar refractivity (Wildman–Crippen MR) is 72.4 cm³/mol. The minimum atomic E-state index is -1.08. The van der Waals surface area contributed by atoms with Crippen LogP contribution in [0, 0.1) is 0 Å². The third-order valence-corrected chi connectivity index (χ3v) is 2.80. The van der Waals surface area contributed by atoms with Gasteiger partial charge in [-0.3, -0.25) is 4.79 Å². The van der Waals surface area contributed by atoms with Gasteiger partial charge in [-0.1, -0.05) is 12.8 Å². The zero-order valence-corrected chi connectivity index (χ0v) is 14.6. The maximum atomic E-state index is 11.7. The topological polar surface area (TPSA) is 140 Å². The first kappa shape index (κ1) is 22.2. The predicted octanol–water partition coefficient (Wildman–Crippen LogP) is 0.556. The van der Waals surface area contributed by atoms with Gasteiger partial charge in [-0.25, -0.2) is 10.5 Å². The van der Waals surface area contributed by atoms with Crippen molar-refractivity contribution in [2.75, 3.05) is 13.1 Å². The Bertz CT molecular complexity index is 279. The number of rotatable bonds is 11. The molecule has 0 aliphatic carbocycles. The van der Waals surface area contributed by atoms with E-state index in [-0.39, 0.29) is 39.3 Å². The Labute approximate surface area is 145 Å². The molecule has 0 saturated heterocycles. The van der Waals surface area contributed by atoms with Crippen LogP contribution in [0.5, 0.6) is 0 Å². The number of nitrogens with one attached hydrogen (secondary N) is 3. The molecule has 0 rings (SSSR count). The molecule has 0 spiro atoms. The summed E-state index contributed by atoms with van der Waals surface area (Å²) in [6, 6.07) is -1.90. The van der Waals surface area contributed by atoms with Gasteiger partial charge in [0.05, 0.1) is 6.04 Å². The van der Waals surface area contributed by atoms with E-state index in [4.69, 9.17) is 22.3 Å². The summed E-state index contributed by atoms with van der Waals surface area (Å²) in [5.74, 6) is -1.63. The maximum absolute atomic E-state index is 11.7. The minimum Gasteiger partial charge on any atom is -0.677 e. The molecule has 0 aliphatic rings. The fourth-order valence-corrected chi connectivity index (χ4v) is 1.63. The van der Waals surface area contributed by atoms with Crippen molar-refractivity contribution < 1.29 is 47.4 Å². The number of carbonyl (C=O) groups excluding carboxylic acids is 1. The summed E-state index contributed by atoms with van der Waals surface area (Å²) in [7, 11) is 0. The molecule has 20 heavy (non-hydrogen) atoms. The third kappa shape index (κ3) is 10.7. The summed E-state index contributed by atoms with van der Waals surface area (Å²) in [6.07, 6.45) is 3.33.